The van der Waals surface area contributed by atoms with Crippen molar-refractivity contribution >= 4 is 5.69 Å². The third-order valence-corrected chi connectivity index (χ3v) is 2.46. The van der Waals surface area contributed by atoms with E-state index in [0.29, 0.717) is 17.2 Å². The van der Waals surface area contributed by atoms with Crippen LogP contribution >= 0.6 is 0 Å². The van der Waals surface area contributed by atoms with Crippen molar-refractivity contribution in [2.75, 3.05) is 12.8 Å². The molecule has 1 heterocycles. The first-order valence-electron chi connectivity index (χ1n) is 5.39. The lowest BCUT2D eigenvalue weighted by Crippen LogP contribution is -2.00. The van der Waals surface area contributed by atoms with Crippen molar-refractivity contribution in [3.05, 3.63) is 29.6 Å². The lowest BCUT2D eigenvalue weighted by molar-refractivity contribution is 0.365. The van der Waals surface area contributed by atoms with Gasteiger partial charge in [-0.3, -0.25) is 0 Å². The SMILES string of the molecule is COc1cc(N)ccc1Oc1nnc(C)c(C)n1. The largest absolute Gasteiger partial charge is 0.493 e. The molecule has 2 aromatic rings. The van der Waals surface area contributed by atoms with Crippen molar-refractivity contribution in [3.8, 4) is 17.5 Å². The van der Waals surface area contributed by atoms with Crippen LogP contribution in [0.15, 0.2) is 18.2 Å². The molecule has 94 valence electrons. The van der Waals surface area contributed by atoms with Gasteiger partial charge in [-0.05, 0) is 26.0 Å². The minimum Gasteiger partial charge on any atom is -0.493 e. The molecule has 0 radical (unpaired) electrons. The quantitative estimate of drug-likeness (QED) is 0.832. The summed E-state index contributed by atoms with van der Waals surface area (Å²) in [6.07, 6.45) is 0. The van der Waals surface area contributed by atoms with Gasteiger partial charge in [-0.15, -0.1) is 5.10 Å². The minimum absolute atomic E-state index is 0.182. The van der Waals surface area contributed by atoms with E-state index in [1.807, 2.05) is 13.8 Å². The Morgan fingerprint density at radius 1 is 1.06 bits per heavy atom. The number of hydrogen-bond acceptors (Lipinski definition) is 6. The van der Waals surface area contributed by atoms with E-state index in [9.17, 15) is 0 Å². The highest BCUT2D eigenvalue weighted by Gasteiger charge is 2.09. The number of hydrogen-bond donors (Lipinski definition) is 1. The number of aromatic nitrogens is 3. The molecule has 0 saturated heterocycles. The lowest BCUT2D eigenvalue weighted by atomic mass is 10.3. The molecule has 18 heavy (non-hydrogen) atoms. The molecule has 6 nitrogen and oxygen atoms in total. The Morgan fingerprint density at radius 3 is 2.50 bits per heavy atom. The summed E-state index contributed by atoms with van der Waals surface area (Å²) in [6, 6.07) is 5.27. The Bertz CT molecular complexity index is 572. The maximum atomic E-state index is 5.66. The highest BCUT2D eigenvalue weighted by atomic mass is 16.5. The van der Waals surface area contributed by atoms with Gasteiger partial charge in [0.1, 0.15) is 0 Å². The van der Waals surface area contributed by atoms with Gasteiger partial charge in [-0.25, -0.2) is 0 Å². The molecule has 1 aromatic heterocycles. The van der Waals surface area contributed by atoms with Gasteiger partial charge in [0, 0.05) is 11.8 Å². The summed E-state index contributed by atoms with van der Waals surface area (Å²) >= 11 is 0. The molecule has 0 atom stereocenters. The molecule has 1 aromatic carbocycles. The maximum Gasteiger partial charge on any atom is 0.341 e. The second-order valence-corrected chi connectivity index (χ2v) is 3.78. The fourth-order valence-electron chi connectivity index (χ4n) is 1.35. The minimum atomic E-state index is 0.182. The summed E-state index contributed by atoms with van der Waals surface area (Å²) < 4.78 is 10.7. The molecule has 0 aliphatic rings. The Hall–Kier alpha value is -2.37. The average Bonchev–Trinajstić information content (AvgIpc) is 2.36. The average molecular weight is 246 g/mol. The van der Waals surface area contributed by atoms with Crippen LogP contribution in [0, 0.1) is 13.8 Å². The molecular formula is C12H14N4O2. The molecule has 0 amide bonds. The summed E-state index contributed by atoms with van der Waals surface area (Å²) in [5.74, 6) is 1.02. The standard InChI is InChI=1S/C12H14N4O2/c1-7-8(2)15-16-12(14-7)18-10-5-4-9(13)6-11(10)17-3/h4-6H,13H2,1-3H3. The number of anilines is 1. The molecule has 0 aliphatic heterocycles. The Kier molecular flexibility index (Phi) is 3.27. The van der Waals surface area contributed by atoms with E-state index in [1.165, 1.54) is 0 Å². The fourth-order valence-corrected chi connectivity index (χ4v) is 1.35. The Morgan fingerprint density at radius 2 is 1.83 bits per heavy atom. The normalized spacial score (nSPS) is 10.2. The van der Waals surface area contributed by atoms with Crippen LogP contribution in [0.3, 0.4) is 0 Å². The first-order valence-corrected chi connectivity index (χ1v) is 5.39. The molecule has 0 saturated carbocycles. The third kappa shape index (κ3) is 2.48. The fraction of sp³-hybridized carbons (Fsp3) is 0.250. The van der Waals surface area contributed by atoms with Crippen molar-refractivity contribution < 1.29 is 9.47 Å². The van der Waals surface area contributed by atoms with Gasteiger partial charge in [0.2, 0.25) is 0 Å². The van der Waals surface area contributed by atoms with Crippen molar-refractivity contribution in [1.82, 2.24) is 15.2 Å². The van der Waals surface area contributed by atoms with Crippen molar-refractivity contribution in [3.63, 3.8) is 0 Å². The Labute approximate surface area is 105 Å². The lowest BCUT2D eigenvalue weighted by Gasteiger charge is -2.09. The molecule has 6 heteroatoms. The number of nitrogens with two attached hydrogens (primary N) is 1. The predicted octanol–water partition coefficient (Wildman–Crippen LogP) is 1.87. The maximum absolute atomic E-state index is 5.66. The zero-order valence-electron chi connectivity index (χ0n) is 10.5. The van der Waals surface area contributed by atoms with Gasteiger partial charge >= 0.3 is 6.01 Å². The number of benzene rings is 1. The van der Waals surface area contributed by atoms with Crippen LogP contribution in [0.4, 0.5) is 5.69 Å². The second-order valence-electron chi connectivity index (χ2n) is 3.78. The smallest absolute Gasteiger partial charge is 0.341 e. The van der Waals surface area contributed by atoms with Gasteiger partial charge in [-0.2, -0.15) is 4.98 Å². The Balaban J connectivity index is 2.30. The van der Waals surface area contributed by atoms with Crippen LogP contribution in [-0.4, -0.2) is 22.3 Å². The third-order valence-electron chi connectivity index (χ3n) is 2.46. The zero-order valence-corrected chi connectivity index (χ0v) is 10.5. The molecule has 0 bridgehead atoms. The van der Waals surface area contributed by atoms with E-state index in [2.05, 4.69) is 15.2 Å². The molecular weight excluding hydrogens is 232 g/mol. The first-order chi connectivity index (χ1) is 8.60. The molecule has 0 unspecified atom stereocenters. The van der Waals surface area contributed by atoms with E-state index in [4.69, 9.17) is 15.2 Å². The molecule has 2 rings (SSSR count). The monoisotopic (exact) mass is 246 g/mol. The number of methoxy groups -OCH3 is 1. The highest BCUT2D eigenvalue weighted by Crippen LogP contribution is 2.31. The number of nitrogens with zero attached hydrogens (tertiary/aromatic N) is 3. The van der Waals surface area contributed by atoms with Gasteiger partial charge in [0.15, 0.2) is 11.5 Å². The summed E-state index contributed by atoms with van der Waals surface area (Å²) in [5, 5.41) is 7.81. The number of aryl methyl sites for hydroxylation is 2. The van der Waals surface area contributed by atoms with E-state index in [-0.39, 0.29) is 6.01 Å². The van der Waals surface area contributed by atoms with E-state index in [1.54, 1.807) is 25.3 Å². The van der Waals surface area contributed by atoms with Crippen LogP contribution in [-0.2, 0) is 0 Å². The van der Waals surface area contributed by atoms with E-state index < -0.39 is 0 Å². The molecule has 0 fully saturated rings. The van der Waals surface area contributed by atoms with Gasteiger partial charge in [0.05, 0.1) is 18.5 Å². The van der Waals surface area contributed by atoms with Gasteiger partial charge in [-0.1, -0.05) is 5.10 Å². The summed E-state index contributed by atoms with van der Waals surface area (Å²) in [4.78, 5) is 4.18. The van der Waals surface area contributed by atoms with Gasteiger partial charge in [0.25, 0.3) is 0 Å². The molecule has 0 spiro atoms. The second kappa shape index (κ2) is 4.87. The van der Waals surface area contributed by atoms with Crippen molar-refractivity contribution in [1.29, 1.82) is 0 Å². The van der Waals surface area contributed by atoms with Crippen molar-refractivity contribution in [2.24, 2.45) is 0 Å². The summed E-state index contributed by atoms with van der Waals surface area (Å²) in [5.41, 5.74) is 7.80. The van der Waals surface area contributed by atoms with E-state index >= 15 is 0 Å². The molecule has 2 N–H and O–H groups in total. The number of ether oxygens (including phenoxy) is 2. The number of rotatable bonds is 3. The van der Waals surface area contributed by atoms with E-state index in [0.717, 1.165) is 11.4 Å². The summed E-state index contributed by atoms with van der Waals surface area (Å²) in [6.45, 7) is 3.68. The summed E-state index contributed by atoms with van der Waals surface area (Å²) in [7, 11) is 1.54. The first kappa shape index (κ1) is 12.1. The van der Waals surface area contributed by atoms with Crippen LogP contribution in [0.25, 0.3) is 0 Å². The van der Waals surface area contributed by atoms with Crippen LogP contribution in [0.2, 0.25) is 0 Å². The van der Waals surface area contributed by atoms with Crippen LogP contribution in [0.5, 0.6) is 17.5 Å². The predicted molar refractivity (Wildman–Crippen MR) is 66.8 cm³/mol. The van der Waals surface area contributed by atoms with Gasteiger partial charge < -0.3 is 15.2 Å². The number of nitrogen functional groups attached to an aromatic ring is 1. The molecule has 0 aliphatic carbocycles. The van der Waals surface area contributed by atoms with Crippen LogP contribution in [0.1, 0.15) is 11.4 Å². The highest BCUT2D eigenvalue weighted by molar-refractivity contribution is 5.52. The zero-order chi connectivity index (χ0) is 13.1. The van der Waals surface area contributed by atoms with Crippen molar-refractivity contribution in [2.45, 2.75) is 13.8 Å². The van der Waals surface area contributed by atoms with Crippen LogP contribution < -0.4 is 15.2 Å². The topological polar surface area (TPSA) is 83.2 Å².